The maximum atomic E-state index is 13.8. The van der Waals surface area contributed by atoms with Gasteiger partial charge in [-0.25, -0.2) is 8.78 Å². The van der Waals surface area contributed by atoms with Crippen molar-refractivity contribution in [3.05, 3.63) is 101 Å². The third-order valence-corrected chi connectivity index (χ3v) is 4.33. The van der Waals surface area contributed by atoms with Crippen molar-refractivity contribution in [1.29, 1.82) is 0 Å². The predicted octanol–water partition coefficient (Wildman–Crippen LogP) is 4.45. The van der Waals surface area contributed by atoms with E-state index in [9.17, 15) is 18.4 Å². The number of ketones is 1. The fraction of sp³-hybridized carbons (Fsp3) is 0.130. The van der Waals surface area contributed by atoms with Crippen molar-refractivity contribution in [3.63, 3.8) is 0 Å². The second-order valence-electron chi connectivity index (χ2n) is 6.46. The molecule has 1 unspecified atom stereocenters. The standard InChI is InChI=1S/C23H19F2NO3/c1-15(20-12-9-18(24)13-21(20)25)26-22(27)14-29-19-10-7-17(8-11-19)23(28)16-5-3-2-4-6-16/h2-13,15H,14H2,1H3,(H,26,27). The van der Waals surface area contributed by atoms with Crippen molar-refractivity contribution < 1.29 is 23.1 Å². The molecule has 0 spiro atoms. The summed E-state index contributed by atoms with van der Waals surface area (Å²) in [4.78, 5) is 24.4. The van der Waals surface area contributed by atoms with E-state index in [1.807, 2.05) is 6.07 Å². The fourth-order valence-corrected chi connectivity index (χ4v) is 2.82. The van der Waals surface area contributed by atoms with Crippen molar-refractivity contribution in [2.75, 3.05) is 6.61 Å². The predicted molar refractivity (Wildman–Crippen MR) is 105 cm³/mol. The fourth-order valence-electron chi connectivity index (χ4n) is 2.82. The Labute approximate surface area is 167 Å². The zero-order chi connectivity index (χ0) is 20.8. The zero-order valence-corrected chi connectivity index (χ0v) is 15.7. The molecule has 0 aliphatic carbocycles. The van der Waals surface area contributed by atoms with Gasteiger partial charge in [0.05, 0.1) is 6.04 Å². The normalized spacial score (nSPS) is 11.6. The van der Waals surface area contributed by atoms with Crippen molar-refractivity contribution in [2.45, 2.75) is 13.0 Å². The first-order valence-electron chi connectivity index (χ1n) is 9.01. The molecule has 0 aliphatic heterocycles. The van der Waals surface area contributed by atoms with Crippen LogP contribution in [0.1, 0.15) is 34.5 Å². The zero-order valence-electron chi connectivity index (χ0n) is 15.7. The lowest BCUT2D eigenvalue weighted by atomic mass is 10.0. The molecular weight excluding hydrogens is 376 g/mol. The molecule has 4 nitrogen and oxygen atoms in total. The Morgan fingerprint density at radius 1 is 0.931 bits per heavy atom. The molecule has 0 saturated heterocycles. The molecule has 0 aromatic heterocycles. The summed E-state index contributed by atoms with van der Waals surface area (Å²) in [7, 11) is 0. The third-order valence-electron chi connectivity index (χ3n) is 4.33. The summed E-state index contributed by atoms with van der Waals surface area (Å²) in [6.45, 7) is 1.32. The van der Waals surface area contributed by atoms with Crippen LogP contribution in [0.25, 0.3) is 0 Å². The number of carbonyl (C=O) groups excluding carboxylic acids is 2. The van der Waals surface area contributed by atoms with Crippen LogP contribution in [0.2, 0.25) is 0 Å². The van der Waals surface area contributed by atoms with Gasteiger partial charge in [0.1, 0.15) is 17.4 Å². The quantitative estimate of drug-likeness (QED) is 0.602. The summed E-state index contributed by atoms with van der Waals surface area (Å²) in [5.74, 6) is -1.54. The van der Waals surface area contributed by atoms with Gasteiger partial charge >= 0.3 is 0 Å². The van der Waals surface area contributed by atoms with Gasteiger partial charge in [0.15, 0.2) is 12.4 Å². The lowest BCUT2D eigenvalue weighted by molar-refractivity contribution is -0.123. The largest absolute Gasteiger partial charge is 0.484 e. The molecule has 0 bridgehead atoms. The summed E-state index contributed by atoms with van der Waals surface area (Å²) in [6.07, 6.45) is 0. The maximum Gasteiger partial charge on any atom is 0.258 e. The molecule has 0 fully saturated rings. The van der Waals surface area contributed by atoms with E-state index >= 15 is 0 Å². The maximum absolute atomic E-state index is 13.8. The van der Waals surface area contributed by atoms with E-state index in [1.165, 1.54) is 6.07 Å². The van der Waals surface area contributed by atoms with Crippen LogP contribution in [0.3, 0.4) is 0 Å². The van der Waals surface area contributed by atoms with E-state index < -0.39 is 23.6 Å². The SMILES string of the molecule is CC(NC(=O)COc1ccc(C(=O)c2ccccc2)cc1)c1ccc(F)cc1F. The van der Waals surface area contributed by atoms with Crippen LogP contribution in [0.4, 0.5) is 8.78 Å². The Hall–Kier alpha value is -3.54. The Morgan fingerprint density at radius 3 is 2.24 bits per heavy atom. The monoisotopic (exact) mass is 395 g/mol. The summed E-state index contributed by atoms with van der Waals surface area (Å²) in [5, 5.41) is 2.60. The summed E-state index contributed by atoms with van der Waals surface area (Å²) >= 11 is 0. The Bertz CT molecular complexity index is 1000. The van der Waals surface area contributed by atoms with Crippen LogP contribution in [0, 0.1) is 11.6 Å². The molecule has 1 atom stereocenters. The minimum absolute atomic E-state index is 0.106. The number of carbonyl (C=O) groups is 2. The number of halogens is 2. The highest BCUT2D eigenvalue weighted by Crippen LogP contribution is 2.18. The average molecular weight is 395 g/mol. The summed E-state index contributed by atoms with van der Waals surface area (Å²) in [6, 6.07) is 17.9. The van der Waals surface area contributed by atoms with Crippen LogP contribution < -0.4 is 10.1 Å². The van der Waals surface area contributed by atoms with Crippen molar-refractivity contribution in [3.8, 4) is 5.75 Å². The smallest absolute Gasteiger partial charge is 0.258 e. The van der Waals surface area contributed by atoms with E-state index in [0.29, 0.717) is 16.9 Å². The summed E-state index contributed by atoms with van der Waals surface area (Å²) < 4.78 is 32.2. The average Bonchev–Trinajstić information content (AvgIpc) is 2.72. The lowest BCUT2D eigenvalue weighted by Crippen LogP contribution is -2.31. The number of hydrogen-bond donors (Lipinski definition) is 1. The van der Waals surface area contributed by atoms with Gasteiger partial charge in [0.2, 0.25) is 0 Å². The number of amides is 1. The minimum atomic E-state index is -0.725. The van der Waals surface area contributed by atoms with Gasteiger partial charge in [-0.2, -0.15) is 0 Å². The van der Waals surface area contributed by atoms with Crippen molar-refractivity contribution >= 4 is 11.7 Å². The van der Waals surface area contributed by atoms with Gasteiger partial charge in [-0.05, 0) is 37.3 Å². The number of nitrogens with one attached hydrogen (secondary N) is 1. The highest BCUT2D eigenvalue weighted by Gasteiger charge is 2.15. The van der Waals surface area contributed by atoms with Crippen molar-refractivity contribution in [2.24, 2.45) is 0 Å². The van der Waals surface area contributed by atoms with Gasteiger partial charge < -0.3 is 10.1 Å². The third kappa shape index (κ3) is 5.25. The second kappa shape index (κ2) is 9.10. The molecule has 3 rings (SSSR count). The molecular formula is C23H19F2NO3. The Morgan fingerprint density at radius 2 is 1.59 bits per heavy atom. The topological polar surface area (TPSA) is 55.4 Å². The van der Waals surface area contributed by atoms with Crippen LogP contribution in [-0.4, -0.2) is 18.3 Å². The Kier molecular flexibility index (Phi) is 6.34. The van der Waals surface area contributed by atoms with Gasteiger partial charge in [-0.1, -0.05) is 36.4 Å². The van der Waals surface area contributed by atoms with Crippen molar-refractivity contribution in [1.82, 2.24) is 5.32 Å². The van der Waals surface area contributed by atoms with Crippen LogP contribution in [0.5, 0.6) is 5.75 Å². The van der Waals surface area contributed by atoms with Crippen LogP contribution >= 0.6 is 0 Å². The van der Waals surface area contributed by atoms with Crippen LogP contribution in [-0.2, 0) is 4.79 Å². The first kappa shape index (κ1) is 20.2. The first-order valence-corrected chi connectivity index (χ1v) is 9.01. The summed E-state index contributed by atoms with van der Waals surface area (Å²) in [5.41, 5.74) is 1.28. The number of benzene rings is 3. The van der Waals surface area contributed by atoms with E-state index in [1.54, 1.807) is 55.5 Å². The van der Waals surface area contributed by atoms with E-state index in [2.05, 4.69) is 5.32 Å². The molecule has 148 valence electrons. The molecule has 0 saturated carbocycles. The number of hydrogen-bond acceptors (Lipinski definition) is 3. The van der Waals surface area contributed by atoms with E-state index in [4.69, 9.17) is 4.74 Å². The molecule has 29 heavy (non-hydrogen) atoms. The van der Waals surface area contributed by atoms with Crippen LogP contribution in [0.15, 0.2) is 72.8 Å². The molecule has 1 N–H and O–H groups in total. The van der Waals surface area contributed by atoms with Gasteiger partial charge in [0, 0.05) is 22.8 Å². The highest BCUT2D eigenvalue weighted by molar-refractivity contribution is 6.08. The molecule has 0 heterocycles. The van der Waals surface area contributed by atoms with Gasteiger partial charge in [-0.3, -0.25) is 9.59 Å². The molecule has 3 aromatic carbocycles. The molecule has 3 aromatic rings. The molecule has 0 aliphatic rings. The van der Waals surface area contributed by atoms with Gasteiger partial charge in [-0.15, -0.1) is 0 Å². The number of ether oxygens (including phenoxy) is 1. The van der Waals surface area contributed by atoms with E-state index in [-0.39, 0.29) is 18.0 Å². The minimum Gasteiger partial charge on any atom is -0.484 e. The molecule has 6 heteroatoms. The second-order valence-corrected chi connectivity index (χ2v) is 6.46. The Balaban J connectivity index is 1.54. The van der Waals surface area contributed by atoms with Gasteiger partial charge in [0.25, 0.3) is 5.91 Å². The van der Waals surface area contributed by atoms with E-state index in [0.717, 1.165) is 12.1 Å². The number of rotatable bonds is 7. The lowest BCUT2D eigenvalue weighted by Gasteiger charge is -2.15. The molecule has 0 radical (unpaired) electrons. The first-order chi connectivity index (χ1) is 13.9. The highest BCUT2D eigenvalue weighted by atomic mass is 19.1. The molecule has 1 amide bonds.